The summed E-state index contributed by atoms with van der Waals surface area (Å²) in [6, 6.07) is 8.21. The molecule has 1 aromatic rings. The lowest BCUT2D eigenvalue weighted by Gasteiger charge is -2.31. The molecule has 96 valence electrons. The van der Waals surface area contributed by atoms with Crippen LogP contribution in [0.1, 0.15) is 18.4 Å². The first kappa shape index (κ1) is 12.1. The quantitative estimate of drug-likeness (QED) is 0.870. The number of hydrogen-bond acceptors (Lipinski definition) is 3. The minimum atomic E-state index is -0.142. The third-order valence-corrected chi connectivity index (χ3v) is 5.03. The molecule has 1 heterocycles. The molecule has 18 heavy (non-hydrogen) atoms. The van der Waals surface area contributed by atoms with Crippen molar-refractivity contribution in [2.24, 2.45) is 5.92 Å². The van der Waals surface area contributed by atoms with Gasteiger partial charge >= 0.3 is 0 Å². The van der Waals surface area contributed by atoms with Gasteiger partial charge in [0.25, 0.3) is 0 Å². The summed E-state index contributed by atoms with van der Waals surface area (Å²) in [6.07, 6.45) is 2.35. The molecule has 4 heteroatoms. The van der Waals surface area contributed by atoms with Gasteiger partial charge in [-0.25, -0.2) is 0 Å². The van der Waals surface area contributed by atoms with E-state index in [1.807, 2.05) is 12.1 Å². The lowest BCUT2D eigenvalue weighted by Crippen LogP contribution is -2.41. The highest BCUT2D eigenvalue weighted by Gasteiger charge is 2.30. The number of benzene rings is 1. The summed E-state index contributed by atoms with van der Waals surface area (Å²) in [5.41, 5.74) is 1.28. The van der Waals surface area contributed by atoms with Crippen molar-refractivity contribution in [2.75, 3.05) is 6.54 Å². The Balaban J connectivity index is 1.50. The number of aliphatic hydroxyl groups is 1. The zero-order valence-electron chi connectivity index (χ0n) is 10.1. The van der Waals surface area contributed by atoms with E-state index in [1.165, 1.54) is 10.5 Å². The molecule has 1 unspecified atom stereocenters. The van der Waals surface area contributed by atoms with Crippen LogP contribution in [0.25, 0.3) is 0 Å². The van der Waals surface area contributed by atoms with Crippen LogP contribution < -0.4 is 5.32 Å². The summed E-state index contributed by atoms with van der Waals surface area (Å²) in [7, 11) is 0. The lowest BCUT2D eigenvalue weighted by atomic mass is 9.82. The molecule has 1 aliphatic heterocycles. The van der Waals surface area contributed by atoms with E-state index < -0.39 is 0 Å². The first-order valence-corrected chi connectivity index (χ1v) is 7.30. The molecule has 1 aliphatic carbocycles. The Bertz CT molecular complexity index is 432. The van der Waals surface area contributed by atoms with Crippen LogP contribution >= 0.6 is 11.8 Å². The minimum absolute atomic E-state index is 0.0207. The number of thioether (sulfide) groups is 1. The van der Waals surface area contributed by atoms with Crippen LogP contribution in [0, 0.1) is 5.92 Å². The molecule has 2 N–H and O–H groups in total. The molecule has 0 bridgehead atoms. The second-order valence-corrected chi connectivity index (χ2v) is 6.40. The van der Waals surface area contributed by atoms with Crippen molar-refractivity contribution in [1.29, 1.82) is 0 Å². The predicted octanol–water partition coefficient (Wildman–Crippen LogP) is 1.59. The largest absolute Gasteiger partial charge is 0.393 e. The maximum atomic E-state index is 12.0. The van der Waals surface area contributed by atoms with E-state index in [9.17, 15) is 9.90 Å². The van der Waals surface area contributed by atoms with Gasteiger partial charge in [0, 0.05) is 11.4 Å². The predicted molar refractivity (Wildman–Crippen MR) is 71.5 cm³/mol. The van der Waals surface area contributed by atoms with E-state index in [2.05, 4.69) is 17.4 Å². The number of carbonyl (C=O) groups is 1. The summed E-state index contributed by atoms with van der Waals surface area (Å²) < 4.78 is 0. The number of rotatable bonds is 3. The number of amides is 1. The fourth-order valence-electron chi connectivity index (χ4n) is 2.55. The molecular weight excluding hydrogens is 246 g/mol. The van der Waals surface area contributed by atoms with Gasteiger partial charge in [-0.1, -0.05) is 18.2 Å². The molecule has 0 aromatic heterocycles. The molecule has 0 spiro atoms. The van der Waals surface area contributed by atoms with E-state index in [-0.39, 0.29) is 17.3 Å². The van der Waals surface area contributed by atoms with Crippen molar-refractivity contribution < 1.29 is 9.90 Å². The van der Waals surface area contributed by atoms with Gasteiger partial charge < -0.3 is 10.4 Å². The molecular formula is C14H17NO2S. The summed E-state index contributed by atoms with van der Waals surface area (Å²) >= 11 is 1.66. The average Bonchev–Trinajstić information content (AvgIpc) is 2.76. The number of nitrogens with one attached hydrogen (secondary N) is 1. The molecule has 0 radical (unpaired) electrons. The van der Waals surface area contributed by atoms with Crippen LogP contribution in [-0.2, 0) is 11.2 Å². The molecule has 1 saturated carbocycles. The monoisotopic (exact) mass is 263 g/mol. The number of aliphatic hydroxyl groups excluding tert-OH is 1. The van der Waals surface area contributed by atoms with Gasteiger partial charge in [0.15, 0.2) is 0 Å². The van der Waals surface area contributed by atoms with E-state index >= 15 is 0 Å². The first-order chi connectivity index (χ1) is 8.72. The smallest absolute Gasteiger partial charge is 0.233 e. The highest BCUT2D eigenvalue weighted by atomic mass is 32.2. The van der Waals surface area contributed by atoms with Crippen molar-refractivity contribution in [3.8, 4) is 0 Å². The van der Waals surface area contributed by atoms with Gasteiger partial charge in [-0.15, -0.1) is 11.8 Å². The molecule has 0 saturated heterocycles. The average molecular weight is 263 g/mol. The van der Waals surface area contributed by atoms with Gasteiger partial charge in [0.1, 0.15) is 0 Å². The maximum absolute atomic E-state index is 12.0. The van der Waals surface area contributed by atoms with E-state index in [0.717, 1.165) is 19.3 Å². The normalized spacial score (nSPS) is 29.5. The molecule has 3 rings (SSSR count). The molecule has 1 aromatic carbocycles. The molecule has 1 atom stereocenters. The number of fused-ring (bicyclic) bond motifs is 1. The zero-order valence-corrected chi connectivity index (χ0v) is 11.0. The topological polar surface area (TPSA) is 49.3 Å². The fraction of sp³-hybridized carbons (Fsp3) is 0.500. The van der Waals surface area contributed by atoms with Crippen LogP contribution in [0.4, 0.5) is 0 Å². The van der Waals surface area contributed by atoms with Crippen LogP contribution in [0.3, 0.4) is 0 Å². The highest BCUT2D eigenvalue weighted by molar-refractivity contribution is 8.01. The standard InChI is InChI=1S/C14H17NO2S/c16-11-5-9(6-11)8-15-14(17)13-7-10-3-1-2-4-12(10)18-13/h1-4,9,11,13,16H,5-8H2,(H,15,17). The van der Waals surface area contributed by atoms with Gasteiger partial charge in [-0.3, -0.25) is 4.79 Å². The number of carbonyl (C=O) groups excluding carboxylic acids is 1. The van der Waals surface area contributed by atoms with Crippen molar-refractivity contribution in [3.05, 3.63) is 29.8 Å². The van der Waals surface area contributed by atoms with Crippen molar-refractivity contribution in [2.45, 2.75) is 35.5 Å². The Labute approximate surface area is 111 Å². The Kier molecular flexibility index (Phi) is 3.31. The van der Waals surface area contributed by atoms with Gasteiger partial charge in [0.05, 0.1) is 11.4 Å². The van der Waals surface area contributed by atoms with E-state index in [0.29, 0.717) is 12.5 Å². The van der Waals surface area contributed by atoms with Gasteiger partial charge in [-0.05, 0) is 36.8 Å². The van der Waals surface area contributed by atoms with Crippen LogP contribution in [0.15, 0.2) is 29.2 Å². The molecule has 1 fully saturated rings. The summed E-state index contributed by atoms with van der Waals surface area (Å²) in [5, 5.41) is 12.2. The van der Waals surface area contributed by atoms with E-state index in [4.69, 9.17) is 0 Å². The van der Waals surface area contributed by atoms with Crippen LogP contribution in [-0.4, -0.2) is 28.9 Å². The minimum Gasteiger partial charge on any atom is -0.393 e. The zero-order chi connectivity index (χ0) is 12.5. The Morgan fingerprint density at radius 2 is 2.17 bits per heavy atom. The Morgan fingerprint density at radius 3 is 2.89 bits per heavy atom. The van der Waals surface area contributed by atoms with Gasteiger partial charge in [0.2, 0.25) is 5.91 Å². The maximum Gasteiger partial charge on any atom is 0.233 e. The Hall–Kier alpha value is -1.00. The van der Waals surface area contributed by atoms with Gasteiger partial charge in [-0.2, -0.15) is 0 Å². The third kappa shape index (κ3) is 2.40. The van der Waals surface area contributed by atoms with Crippen molar-refractivity contribution in [3.63, 3.8) is 0 Å². The molecule has 1 amide bonds. The highest BCUT2D eigenvalue weighted by Crippen LogP contribution is 2.36. The van der Waals surface area contributed by atoms with Crippen molar-refractivity contribution >= 4 is 17.7 Å². The number of hydrogen-bond donors (Lipinski definition) is 2. The van der Waals surface area contributed by atoms with E-state index in [1.54, 1.807) is 11.8 Å². The second-order valence-electron chi connectivity index (χ2n) is 5.15. The SMILES string of the molecule is O=C(NCC1CC(O)C1)C1Cc2ccccc2S1. The van der Waals surface area contributed by atoms with Crippen molar-refractivity contribution in [1.82, 2.24) is 5.32 Å². The van der Waals surface area contributed by atoms with Crippen LogP contribution in [0.5, 0.6) is 0 Å². The second kappa shape index (κ2) is 4.94. The molecule has 3 nitrogen and oxygen atoms in total. The summed E-state index contributed by atoms with van der Waals surface area (Å²) in [4.78, 5) is 13.3. The first-order valence-electron chi connectivity index (χ1n) is 6.42. The summed E-state index contributed by atoms with van der Waals surface area (Å²) in [5.74, 6) is 0.607. The third-order valence-electron chi connectivity index (χ3n) is 3.72. The Morgan fingerprint density at radius 1 is 1.39 bits per heavy atom. The fourth-order valence-corrected chi connectivity index (χ4v) is 3.77. The lowest BCUT2D eigenvalue weighted by molar-refractivity contribution is -0.121. The van der Waals surface area contributed by atoms with Crippen LogP contribution in [0.2, 0.25) is 0 Å². The summed E-state index contributed by atoms with van der Waals surface area (Å²) in [6.45, 7) is 0.712. The molecule has 2 aliphatic rings.